The van der Waals surface area contributed by atoms with Crippen LogP contribution in [0.1, 0.15) is 39.2 Å². The molecule has 0 amide bonds. The molecule has 0 aromatic carbocycles. The second kappa shape index (κ2) is 5.92. The maximum Gasteiger partial charge on any atom is 0.235 e. The fourth-order valence-electron chi connectivity index (χ4n) is 2.34. The van der Waals surface area contributed by atoms with E-state index in [1.54, 1.807) is 16.9 Å². The maximum atomic E-state index is 12.1. The molecule has 6 nitrogen and oxygen atoms in total. The fraction of sp³-hybridized carbons (Fsp3) is 0.750. The first kappa shape index (κ1) is 14.3. The van der Waals surface area contributed by atoms with Gasteiger partial charge in [0.2, 0.25) is 10.0 Å². The standard InChI is InChI=1S/C12H22N4O2S/c1-10(2)16-12(6-8-14-16)15-19(17,18)9-11-5-3-4-7-13-11/h6,8,10-11,13,15H,3-5,7,9H2,1-2H3. The van der Waals surface area contributed by atoms with E-state index < -0.39 is 10.0 Å². The molecule has 1 aromatic rings. The number of anilines is 1. The number of aromatic nitrogens is 2. The van der Waals surface area contributed by atoms with E-state index in [0.717, 1.165) is 25.8 Å². The van der Waals surface area contributed by atoms with Crippen molar-refractivity contribution in [3.05, 3.63) is 12.3 Å². The first-order chi connectivity index (χ1) is 8.98. The quantitative estimate of drug-likeness (QED) is 0.856. The normalized spacial score (nSPS) is 20.7. The molecule has 1 atom stereocenters. The molecule has 2 N–H and O–H groups in total. The van der Waals surface area contributed by atoms with Gasteiger partial charge in [-0.05, 0) is 33.2 Å². The van der Waals surface area contributed by atoms with Gasteiger partial charge in [0, 0.05) is 18.2 Å². The molecule has 2 heterocycles. The zero-order valence-corrected chi connectivity index (χ0v) is 12.3. The second-order valence-corrected chi connectivity index (χ2v) is 7.05. The molecular weight excluding hydrogens is 264 g/mol. The molecule has 1 saturated heterocycles. The van der Waals surface area contributed by atoms with Crippen LogP contribution in [0.2, 0.25) is 0 Å². The molecule has 1 aliphatic rings. The van der Waals surface area contributed by atoms with Crippen LogP contribution in [0.25, 0.3) is 0 Å². The minimum absolute atomic E-state index is 0.0571. The first-order valence-corrected chi connectivity index (χ1v) is 8.40. The smallest absolute Gasteiger partial charge is 0.235 e. The van der Waals surface area contributed by atoms with Crippen LogP contribution in [0.3, 0.4) is 0 Å². The molecular formula is C12H22N4O2S. The summed E-state index contributed by atoms with van der Waals surface area (Å²) >= 11 is 0. The molecule has 19 heavy (non-hydrogen) atoms. The zero-order valence-electron chi connectivity index (χ0n) is 11.5. The van der Waals surface area contributed by atoms with E-state index in [1.165, 1.54) is 0 Å². The molecule has 1 unspecified atom stereocenters. The summed E-state index contributed by atoms with van der Waals surface area (Å²) in [5.41, 5.74) is 0. The molecule has 1 fully saturated rings. The third-order valence-electron chi connectivity index (χ3n) is 3.25. The highest BCUT2D eigenvalue weighted by molar-refractivity contribution is 7.92. The lowest BCUT2D eigenvalue weighted by atomic mass is 10.1. The summed E-state index contributed by atoms with van der Waals surface area (Å²) in [4.78, 5) is 0. The van der Waals surface area contributed by atoms with Gasteiger partial charge in [-0.15, -0.1) is 0 Å². The van der Waals surface area contributed by atoms with E-state index in [-0.39, 0.29) is 17.8 Å². The molecule has 0 radical (unpaired) electrons. The Bertz CT molecular complexity index is 504. The van der Waals surface area contributed by atoms with Crippen molar-refractivity contribution in [1.82, 2.24) is 15.1 Å². The van der Waals surface area contributed by atoms with Crippen molar-refractivity contribution in [3.63, 3.8) is 0 Å². The molecule has 2 rings (SSSR count). The van der Waals surface area contributed by atoms with Gasteiger partial charge in [-0.2, -0.15) is 5.10 Å². The average molecular weight is 286 g/mol. The summed E-state index contributed by atoms with van der Waals surface area (Å²) in [5.74, 6) is 0.654. The van der Waals surface area contributed by atoms with Gasteiger partial charge >= 0.3 is 0 Å². The van der Waals surface area contributed by atoms with Crippen LogP contribution in [0.4, 0.5) is 5.82 Å². The van der Waals surface area contributed by atoms with Gasteiger partial charge < -0.3 is 5.32 Å². The van der Waals surface area contributed by atoms with Crippen LogP contribution in [-0.4, -0.2) is 36.5 Å². The Morgan fingerprint density at radius 3 is 2.95 bits per heavy atom. The molecule has 1 aromatic heterocycles. The highest BCUT2D eigenvalue weighted by Gasteiger charge is 2.22. The SMILES string of the molecule is CC(C)n1nccc1NS(=O)(=O)CC1CCCCN1. The summed E-state index contributed by atoms with van der Waals surface area (Å²) in [6.07, 6.45) is 4.75. The lowest BCUT2D eigenvalue weighted by Crippen LogP contribution is -2.40. The van der Waals surface area contributed by atoms with Gasteiger partial charge in [-0.3, -0.25) is 4.72 Å². The van der Waals surface area contributed by atoms with Gasteiger partial charge in [0.05, 0.1) is 11.9 Å². The third kappa shape index (κ3) is 3.94. The highest BCUT2D eigenvalue weighted by atomic mass is 32.2. The van der Waals surface area contributed by atoms with E-state index in [4.69, 9.17) is 0 Å². The average Bonchev–Trinajstić information content (AvgIpc) is 2.77. The number of hydrogen-bond acceptors (Lipinski definition) is 4. The molecule has 7 heteroatoms. The predicted octanol–water partition coefficient (Wildman–Crippen LogP) is 1.35. The summed E-state index contributed by atoms with van der Waals surface area (Å²) in [7, 11) is -3.33. The monoisotopic (exact) mass is 286 g/mol. The van der Waals surface area contributed by atoms with Gasteiger partial charge in [-0.1, -0.05) is 6.42 Å². The number of hydrogen-bond donors (Lipinski definition) is 2. The van der Waals surface area contributed by atoms with Gasteiger partial charge in [-0.25, -0.2) is 13.1 Å². The van der Waals surface area contributed by atoms with E-state index in [0.29, 0.717) is 5.82 Å². The summed E-state index contributed by atoms with van der Waals surface area (Å²) in [5, 5.41) is 7.37. The molecule has 0 aliphatic carbocycles. The lowest BCUT2D eigenvalue weighted by Gasteiger charge is -2.23. The van der Waals surface area contributed by atoms with E-state index >= 15 is 0 Å². The van der Waals surface area contributed by atoms with Crippen molar-refractivity contribution < 1.29 is 8.42 Å². The van der Waals surface area contributed by atoms with Gasteiger partial charge in [0.25, 0.3) is 0 Å². The Morgan fingerprint density at radius 1 is 1.53 bits per heavy atom. The number of rotatable bonds is 5. The number of sulfonamides is 1. The lowest BCUT2D eigenvalue weighted by molar-refractivity contribution is 0.424. The van der Waals surface area contributed by atoms with E-state index in [1.807, 2.05) is 13.8 Å². The molecule has 1 aliphatic heterocycles. The minimum atomic E-state index is -3.33. The summed E-state index contributed by atoms with van der Waals surface area (Å²) < 4.78 is 28.6. The van der Waals surface area contributed by atoms with E-state index in [2.05, 4.69) is 15.1 Å². The van der Waals surface area contributed by atoms with Crippen molar-refractivity contribution in [3.8, 4) is 0 Å². The van der Waals surface area contributed by atoms with Crippen molar-refractivity contribution in [2.24, 2.45) is 0 Å². The van der Waals surface area contributed by atoms with Crippen molar-refractivity contribution in [2.75, 3.05) is 17.0 Å². The highest BCUT2D eigenvalue weighted by Crippen LogP contribution is 2.16. The van der Waals surface area contributed by atoms with Crippen LogP contribution in [-0.2, 0) is 10.0 Å². The third-order valence-corrected chi connectivity index (χ3v) is 4.61. The van der Waals surface area contributed by atoms with Crippen molar-refractivity contribution in [2.45, 2.75) is 45.2 Å². The van der Waals surface area contributed by atoms with Crippen LogP contribution in [0.5, 0.6) is 0 Å². The summed E-state index contributed by atoms with van der Waals surface area (Å²) in [6, 6.07) is 1.87. The van der Waals surface area contributed by atoms with Crippen LogP contribution in [0.15, 0.2) is 12.3 Å². The minimum Gasteiger partial charge on any atom is -0.313 e. The largest absolute Gasteiger partial charge is 0.313 e. The van der Waals surface area contributed by atoms with E-state index in [9.17, 15) is 8.42 Å². The Morgan fingerprint density at radius 2 is 2.32 bits per heavy atom. The Kier molecular flexibility index (Phi) is 4.46. The number of nitrogens with one attached hydrogen (secondary N) is 2. The topological polar surface area (TPSA) is 76.0 Å². The fourth-order valence-corrected chi connectivity index (χ4v) is 3.72. The predicted molar refractivity (Wildman–Crippen MR) is 75.7 cm³/mol. The number of piperidine rings is 1. The molecule has 0 saturated carbocycles. The first-order valence-electron chi connectivity index (χ1n) is 6.75. The van der Waals surface area contributed by atoms with Crippen LogP contribution < -0.4 is 10.0 Å². The molecule has 0 spiro atoms. The Hall–Kier alpha value is -1.08. The van der Waals surface area contributed by atoms with Crippen molar-refractivity contribution in [1.29, 1.82) is 0 Å². The maximum absolute atomic E-state index is 12.1. The Balaban J connectivity index is 2.02. The van der Waals surface area contributed by atoms with Crippen LogP contribution >= 0.6 is 0 Å². The molecule has 0 bridgehead atoms. The zero-order chi connectivity index (χ0) is 13.9. The number of nitrogens with zero attached hydrogens (tertiary/aromatic N) is 2. The van der Waals surface area contributed by atoms with Gasteiger partial charge in [0.1, 0.15) is 5.82 Å². The Labute approximate surface area is 114 Å². The van der Waals surface area contributed by atoms with Crippen LogP contribution in [0, 0.1) is 0 Å². The second-order valence-electron chi connectivity index (χ2n) is 5.29. The molecule has 108 valence electrons. The van der Waals surface area contributed by atoms with Crippen molar-refractivity contribution >= 4 is 15.8 Å². The van der Waals surface area contributed by atoms with Gasteiger partial charge in [0.15, 0.2) is 0 Å². The summed E-state index contributed by atoms with van der Waals surface area (Å²) in [6.45, 7) is 4.84.